The summed E-state index contributed by atoms with van der Waals surface area (Å²) in [7, 11) is 3.14. The second-order valence-corrected chi connectivity index (χ2v) is 4.32. The maximum atomic E-state index is 11.6. The number of hydrogen-bond donors (Lipinski definition) is 3. The van der Waals surface area contributed by atoms with Crippen molar-refractivity contribution in [1.82, 2.24) is 16.2 Å². The van der Waals surface area contributed by atoms with Gasteiger partial charge in [-0.25, -0.2) is 0 Å². The van der Waals surface area contributed by atoms with Gasteiger partial charge in [0.1, 0.15) is 11.5 Å². The molecule has 0 aromatic heterocycles. The van der Waals surface area contributed by atoms with E-state index < -0.39 is 0 Å². The molecule has 1 rings (SSSR count). The fourth-order valence-electron chi connectivity index (χ4n) is 1.49. The van der Waals surface area contributed by atoms with Gasteiger partial charge >= 0.3 is 0 Å². The van der Waals surface area contributed by atoms with Gasteiger partial charge in [0.05, 0.1) is 14.2 Å². The van der Waals surface area contributed by atoms with Crippen molar-refractivity contribution in [2.45, 2.75) is 6.92 Å². The molecule has 0 unspecified atom stereocenters. The number of benzene rings is 1. The molecule has 1 aromatic carbocycles. The Kier molecular flexibility index (Phi) is 7.03. The molecule has 0 aliphatic carbocycles. The van der Waals surface area contributed by atoms with E-state index >= 15 is 0 Å². The van der Waals surface area contributed by atoms with Gasteiger partial charge < -0.3 is 14.8 Å². The zero-order chi connectivity index (χ0) is 15.7. The Balaban J connectivity index is 2.63. The van der Waals surface area contributed by atoms with Gasteiger partial charge in [-0.05, 0) is 37.4 Å². The highest BCUT2D eigenvalue weighted by atomic mass is 32.1. The van der Waals surface area contributed by atoms with E-state index in [4.69, 9.17) is 21.7 Å². The third-order valence-electron chi connectivity index (χ3n) is 2.49. The average Bonchev–Trinajstić information content (AvgIpc) is 2.51. The molecule has 3 N–H and O–H groups in total. The van der Waals surface area contributed by atoms with Gasteiger partial charge in [-0.15, -0.1) is 0 Å². The maximum absolute atomic E-state index is 11.6. The number of carbonyl (C=O) groups excluding carboxylic acids is 1. The number of carbonyl (C=O) groups is 1. The maximum Gasteiger partial charge on any atom is 0.262 e. The topological polar surface area (TPSA) is 71.6 Å². The monoisotopic (exact) mass is 309 g/mol. The van der Waals surface area contributed by atoms with Crippen molar-refractivity contribution in [3.63, 3.8) is 0 Å². The molecule has 0 bridgehead atoms. The van der Waals surface area contributed by atoms with Crippen LogP contribution in [0.3, 0.4) is 0 Å². The Hall–Kier alpha value is -2.28. The summed E-state index contributed by atoms with van der Waals surface area (Å²) < 4.78 is 10.4. The number of ether oxygens (including phenoxy) is 2. The van der Waals surface area contributed by atoms with Crippen LogP contribution in [0.15, 0.2) is 24.3 Å². The molecule has 0 aliphatic rings. The van der Waals surface area contributed by atoms with Crippen molar-refractivity contribution >= 4 is 29.3 Å². The number of amides is 1. The van der Waals surface area contributed by atoms with Gasteiger partial charge in [0.25, 0.3) is 5.91 Å². The summed E-state index contributed by atoms with van der Waals surface area (Å²) in [4.78, 5) is 11.6. The molecular weight excluding hydrogens is 290 g/mol. The van der Waals surface area contributed by atoms with Crippen molar-refractivity contribution in [2.75, 3.05) is 20.8 Å². The largest absolute Gasteiger partial charge is 0.497 e. The molecule has 21 heavy (non-hydrogen) atoms. The van der Waals surface area contributed by atoms with E-state index in [9.17, 15) is 4.79 Å². The third kappa shape index (κ3) is 5.70. The van der Waals surface area contributed by atoms with Gasteiger partial charge in [-0.2, -0.15) is 0 Å². The molecule has 0 spiro atoms. The van der Waals surface area contributed by atoms with E-state index in [0.717, 1.165) is 5.56 Å². The second-order valence-electron chi connectivity index (χ2n) is 3.91. The standard InChI is InChI=1S/C14H19N3O3S/c1-4-15-14(21)17-16-13(18)8-6-10-5-7-11(19-2)9-12(10)20-3/h5-9H,4H2,1-3H3,(H,16,18)(H2,15,17,21). The van der Waals surface area contributed by atoms with Crippen LogP contribution in [0.5, 0.6) is 11.5 Å². The lowest BCUT2D eigenvalue weighted by Gasteiger charge is -2.09. The summed E-state index contributed by atoms with van der Waals surface area (Å²) in [6, 6.07) is 5.34. The first-order chi connectivity index (χ1) is 10.1. The van der Waals surface area contributed by atoms with Crippen LogP contribution in [-0.4, -0.2) is 31.8 Å². The summed E-state index contributed by atoms with van der Waals surface area (Å²) >= 11 is 4.92. The van der Waals surface area contributed by atoms with Gasteiger partial charge in [0, 0.05) is 24.3 Å². The molecular formula is C14H19N3O3S. The molecule has 7 heteroatoms. The van der Waals surface area contributed by atoms with Crippen LogP contribution >= 0.6 is 12.2 Å². The average molecular weight is 309 g/mol. The van der Waals surface area contributed by atoms with E-state index in [1.54, 1.807) is 38.5 Å². The van der Waals surface area contributed by atoms with Crippen LogP contribution < -0.4 is 25.6 Å². The summed E-state index contributed by atoms with van der Waals surface area (Å²) in [5.41, 5.74) is 5.80. The van der Waals surface area contributed by atoms with E-state index in [0.29, 0.717) is 23.2 Å². The smallest absolute Gasteiger partial charge is 0.262 e. The van der Waals surface area contributed by atoms with Crippen molar-refractivity contribution < 1.29 is 14.3 Å². The number of thiocarbonyl (C=S) groups is 1. The number of nitrogens with one attached hydrogen (secondary N) is 3. The predicted octanol–water partition coefficient (Wildman–Crippen LogP) is 1.23. The molecule has 0 atom stereocenters. The van der Waals surface area contributed by atoms with E-state index in [1.807, 2.05) is 6.92 Å². The fourth-order valence-corrected chi connectivity index (χ4v) is 1.68. The predicted molar refractivity (Wildman–Crippen MR) is 86.1 cm³/mol. The van der Waals surface area contributed by atoms with Crippen LogP contribution in [0.25, 0.3) is 6.08 Å². The molecule has 1 amide bonds. The highest BCUT2D eigenvalue weighted by molar-refractivity contribution is 7.80. The highest BCUT2D eigenvalue weighted by Crippen LogP contribution is 2.25. The Morgan fingerprint density at radius 1 is 1.29 bits per heavy atom. The lowest BCUT2D eigenvalue weighted by molar-refractivity contribution is -0.116. The summed E-state index contributed by atoms with van der Waals surface area (Å²) in [5.74, 6) is 0.980. The quantitative estimate of drug-likeness (QED) is 0.432. The SMILES string of the molecule is CCNC(=S)NNC(=O)C=Cc1ccc(OC)cc1OC. The van der Waals surface area contributed by atoms with Gasteiger partial charge in [0.2, 0.25) is 0 Å². The normalized spacial score (nSPS) is 10.0. The number of methoxy groups -OCH3 is 2. The minimum Gasteiger partial charge on any atom is -0.497 e. The molecule has 0 fully saturated rings. The summed E-state index contributed by atoms with van der Waals surface area (Å²) in [6.07, 6.45) is 3.03. The first-order valence-corrected chi connectivity index (χ1v) is 6.75. The van der Waals surface area contributed by atoms with Gasteiger partial charge in [0.15, 0.2) is 5.11 Å². The highest BCUT2D eigenvalue weighted by Gasteiger charge is 2.03. The lowest BCUT2D eigenvalue weighted by atomic mass is 10.1. The Morgan fingerprint density at radius 3 is 2.67 bits per heavy atom. The molecule has 0 saturated carbocycles. The zero-order valence-electron chi connectivity index (χ0n) is 12.2. The van der Waals surface area contributed by atoms with E-state index in [1.165, 1.54) is 6.08 Å². The minimum atomic E-state index is -0.326. The van der Waals surface area contributed by atoms with Gasteiger partial charge in [-0.3, -0.25) is 15.6 Å². The second kappa shape index (κ2) is 8.80. The van der Waals surface area contributed by atoms with E-state index in [-0.39, 0.29) is 5.91 Å². The molecule has 0 radical (unpaired) electrons. The Labute approximate surface area is 129 Å². The minimum absolute atomic E-state index is 0.326. The third-order valence-corrected chi connectivity index (χ3v) is 2.74. The molecule has 6 nitrogen and oxygen atoms in total. The number of hydrazine groups is 1. The van der Waals surface area contributed by atoms with Crippen molar-refractivity contribution in [2.24, 2.45) is 0 Å². The van der Waals surface area contributed by atoms with Crippen molar-refractivity contribution in [1.29, 1.82) is 0 Å². The first-order valence-electron chi connectivity index (χ1n) is 6.34. The Morgan fingerprint density at radius 2 is 2.05 bits per heavy atom. The van der Waals surface area contributed by atoms with Crippen LogP contribution in [0.2, 0.25) is 0 Å². The molecule has 0 heterocycles. The molecule has 0 aliphatic heterocycles. The van der Waals surface area contributed by atoms with Crippen LogP contribution in [0.1, 0.15) is 12.5 Å². The van der Waals surface area contributed by atoms with Crippen LogP contribution in [0.4, 0.5) is 0 Å². The first kappa shape index (κ1) is 16.8. The van der Waals surface area contributed by atoms with Gasteiger partial charge in [-0.1, -0.05) is 0 Å². The molecule has 114 valence electrons. The Bertz CT molecular complexity index is 532. The summed E-state index contributed by atoms with van der Waals surface area (Å²) in [6.45, 7) is 2.59. The fraction of sp³-hybridized carbons (Fsp3) is 0.286. The zero-order valence-corrected chi connectivity index (χ0v) is 13.0. The van der Waals surface area contributed by atoms with Crippen LogP contribution in [0, 0.1) is 0 Å². The lowest BCUT2D eigenvalue weighted by Crippen LogP contribution is -2.46. The number of rotatable bonds is 5. The molecule has 1 aromatic rings. The van der Waals surface area contributed by atoms with E-state index in [2.05, 4.69) is 16.2 Å². The number of hydrogen-bond acceptors (Lipinski definition) is 4. The van der Waals surface area contributed by atoms with Crippen molar-refractivity contribution in [3.05, 3.63) is 29.8 Å². The summed E-state index contributed by atoms with van der Waals surface area (Å²) in [5, 5.41) is 3.22. The van der Waals surface area contributed by atoms with Crippen molar-refractivity contribution in [3.8, 4) is 11.5 Å². The van der Waals surface area contributed by atoms with Crippen LogP contribution in [-0.2, 0) is 4.79 Å². The molecule has 0 saturated heterocycles.